The van der Waals surface area contributed by atoms with Crippen LogP contribution in [0, 0.1) is 3.57 Å². The first-order chi connectivity index (χ1) is 19.6. The zero-order valence-corrected chi connectivity index (χ0v) is 26.2. The number of hydrogen-bond acceptors (Lipinski definition) is 7. The van der Waals surface area contributed by atoms with Gasteiger partial charge in [-0.15, -0.1) is 6.58 Å². The number of aliphatic hydroxyl groups excluding tert-OH is 3. The van der Waals surface area contributed by atoms with Crippen LogP contribution in [0.15, 0.2) is 54.6 Å². The summed E-state index contributed by atoms with van der Waals surface area (Å²) < 4.78 is 12.4. The highest BCUT2D eigenvalue weighted by Crippen LogP contribution is 2.37. The van der Waals surface area contributed by atoms with Crippen molar-refractivity contribution in [3.05, 3.63) is 79.4 Å². The van der Waals surface area contributed by atoms with Gasteiger partial charge in [-0.25, -0.2) is 0 Å². The molecule has 0 spiro atoms. The summed E-state index contributed by atoms with van der Waals surface area (Å²) in [6.45, 7) is 3.38. The maximum atomic E-state index is 13.5. The van der Waals surface area contributed by atoms with E-state index in [1.165, 1.54) is 18.1 Å². The van der Waals surface area contributed by atoms with E-state index in [4.69, 9.17) is 32.7 Å². The molecule has 3 unspecified atom stereocenters. The number of hydrogen-bond donors (Lipinski definition) is 4. The van der Waals surface area contributed by atoms with Gasteiger partial charge in [0.05, 0.1) is 40.0 Å². The van der Waals surface area contributed by atoms with Gasteiger partial charge in [0.2, 0.25) is 11.8 Å². The average molecular weight is 719 g/mol. The Bertz CT molecular complexity index is 1290. The van der Waals surface area contributed by atoms with Gasteiger partial charge in [-0.3, -0.25) is 9.59 Å². The summed E-state index contributed by atoms with van der Waals surface area (Å²) in [6, 6.07) is 7.52. The summed E-state index contributed by atoms with van der Waals surface area (Å²) in [5.41, 5.74) is 1.59. The molecule has 0 aromatic heterocycles. The molecule has 2 aromatic rings. The van der Waals surface area contributed by atoms with Crippen molar-refractivity contribution in [1.29, 1.82) is 0 Å². The summed E-state index contributed by atoms with van der Waals surface area (Å²) in [4.78, 5) is 28.1. The lowest BCUT2D eigenvalue weighted by Crippen LogP contribution is -2.54. The fraction of sp³-hybridized carbons (Fsp3) is 0.379. The Balaban J connectivity index is 2.05. The van der Waals surface area contributed by atoms with Crippen LogP contribution in [0.5, 0.6) is 11.5 Å². The van der Waals surface area contributed by atoms with E-state index in [1.807, 2.05) is 22.6 Å². The molecule has 0 heterocycles. The second-order valence-electron chi connectivity index (χ2n) is 9.38. The maximum Gasteiger partial charge on any atom is 0.247 e. The van der Waals surface area contributed by atoms with E-state index in [0.717, 1.165) is 0 Å². The smallest absolute Gasteiger partial charge is 0.247 e. The number of methoxy groups -OCH3 is 1. The molecule has 1 aliphatic carbocycles. The molecule has 1 aliphatic rings. The van der Waals surface area contributed by atoms with Crippen molar-refractivity contribution in [2.75, 3.05) is 20.3 Å². The zero-order chi connectivity index (χ0) is 30.1. The Labute approximate surface area is 262 Å². The van der Waals surface area contributed by atoms with Crippen LogP contribution in [0.25, 0.3) is 0 Å². The second-order valence-corrected chi connectivity index (χ2v) is 11.4. The van der Waals surface area contributed by atoms with Crippen LogP contribution >= 0.6 is 45.8 Å². The van der Waals surface area contributed by atoms with Crippen molar-refractivity contribution in [1.82, 2.24) is 10.2 Å². The highest BCUT2D eigenvalue weighted by molar-refractivity contribution is 14.1. The molecule has 0 radical (unpaired) electrons. The van der Waals surface area contributed by atoms with Gasteiger partial charge in [0.25, 0.3) is 0 Å². The molecule has 3 atom stereocenters. The third-order valence-corrected chi connectivity index (χ3v) is 8.10. The van der Waals surface area contributed by atoms with E-state index in [0.29, 0.717) is 42.7 Å². The lowest BCUT2D eigenvalue weighted by molar-refractivity contribution is -0.139. The molecular weight excluding hydrogens is 686 g/mol. The van der Waals surface area contributed by atoms with E-state index in [1.54, 1.807) is 36.4 Å². The van der Waals surface area contributed by atoms with Gasteiger partial charge in [0.15, 0.2) is 11.5 Å². The van der Waals surface area contributed by atoms with Crippen LogP contribution in [0.1, 0.15) is 30.4 Å². The number of carbonyl (C=O) groups excluding carboxylic acids is 2. The molecule has 9 nitrogen and oxygen atoms in total. The normalized spacial score (nSPS) is 18.3. The van der Waals surface area contributed by atoms with Gasteiger partial charge >= 0.3 is 0 Å². The number of amides is 2. The summed E-state index contributed by atoms with van der Waals surface area (Å²) in [5, 5.41) is 33.8. The van der Waals surface area contributed by atoms with E-state index in [9.17, 15) is 24.9 Å². The van der Waals surface area contributed by atoms with E-state index in [2.05, 4.69) is 11.9 Å². The molecule has 0 aliphatic heterocycles. The first kappa shape index (κ1) is 33.2. The van der Waals surface area contributed by atoms with Crippen molar-refractivity contribution in [2.45, 2.75) is 50.7 Å². The van der Waals surface area contributed by atoms with Crippen LogP contribution in [0.4, 0.5) is 0 Å². The number of benzene rings is 2. The Morgan fingerprint density at radius 1 is 1.20 bits per heavy atom. The molecule has 41 heavy (non-hydrogen) atoms. The van der Waals surface area contributed by atoms with E-state index < -0.39 is 24.2 Å². The average Bonchev–Trinajstić information content (AvgIpc) is 2.96. The summed E-state index contributed by atoms with van der Waals surface area (Å²) in [5.74, 6) is -0.0508. The van der Waals surface area contributed by atoms with Gasteiger partial charge in [-0.1, -0.05) is 35.3 Å². The number of nitrogens with zero attached hydrogens (tertiary/aromatic N) is 1. The first-order valence-electron chi connectivity index (χ1n) is 12.9. The highest BCUT2D eigenvalue weighted by atomic mass is 127. The Morgan fingerprint density at radius 2 is 1.95 bits per heavy atom. The van der Waals surface area contributed by atoms with Crippen molar-refractivity contribution < 1.29 is 34.4 Å². The third-order valence-electron chi connectivity index (χ3n) is 6.56. The van der Waals surface area contributed by atoms with Gasteiger partial charge in [0.1, 0.15) is 12.2 Å². The Kier molecular flexibility index (Phi) is 12.7. The lowest BCUT2D eigenvalue weighted by atomic mass is 9.87. The van der Waals surface area contributed by atoms with E-state index in [-0.39, 0.29) is 50.6 Å². The number of halogens is 3. The topological polar surface area (TPSA) is 129 Å². The van der Waals surface area contributed by atoms with Gasteiger partial charge in [-0.2, -0.15) is 0 Å². The number of rotatable bonds is 13. The van der Waals surface area contributed by atoms with Crippen LogP contribution < -0.4 is 14.8 Å². The monoisotopic (exact) mass is 718 g/mol. The van der Waals surface area contributed by atoms with Gasteiger partial charge in [0, 0.05) is 31.5 Å². The minimum absolute atomic E-state index is 0.0362. The number of ether oxygens (including phenoxy) is 2. The fourth-order valence-electron chi connectivity index (χ4n) is 4.49. The minimum atomic E-state index is -1.24. The largest absolute Gasteiger partial charge is 0.493 e. The predicted molar refractivity (Wildman–Crippen MR) is 165 cm³/mol. The van der Waals surface area contributed by atoms with Crippen LogP contribution in [0.3, 0.4) is 0 Å². The summed E-state index contributed by atoms with van der Waals surface area (Å²) in [7, 11) is 1.46. The molecule has 2 aromatic carbocycles. The van der Waals surface area contributed by atoms with Crippen molar-refractivity contribution in [3.63, 3.8) is 0 Å². The quantitative estimate of drug-likeness (QED) is 0.182. The van der Waals surface area contributed by atoms with Gasteiger partial charge < -0.3 is 35.0 Å². The fourth-order valence-corrected chi connectivity index (χ4v) is 5.60. The van der Waals surface area contributed by atoms with Crippen LogP contribution in [0.2, 0.25) is 10.0 Å². The maximum absolute atomic E-state index is 13.5. The minimum Gasteiger partial charge on any atom is -0.493 e. The van der Waals surface area contributed by atoms with Crippen LogP contribution in [-0.4, -0.2) is 70.5 Å². The molecule has 0 saturated heterocycles. The van der Waals surface area contributed by atoms with Crippen molar-refractivity contribution in [3.8, 4) is 11.5 Å². The molecule has 3 rings (SSSR count). The molecule has 0 bridgehead atoms. The zero-order valence-electron chi connectivity index (χ0n) is 22.5. The Hall–Kier alpha value is -2.35. The standard InChI is InChI=1S/C29H33Cl2IN2O7/c1-3-4-5-26(37)34(15-17-6-7-20(30)21(31)10-17)23-13-19(29(39)33-8-9-35)14-24(27(23)38)41-28-22(32)11-18(16-36)12-25(28)40-2/h3,6-7,10-12,14,23-24,27,35-36,38H,1,4-5,8-9,13,15-16H2,2H3,(H,33,39). The molecule has 0 saturated carbocycles. The van der Waals surface area contributed by atoms with E-state index >= 15 is 0 Å². The number of carbonyl (C=O) groups is 2. The molecule has 0 fully saturated rings. The molecule has 2 amide bonds. The summed E-state index contributed by atoms with van der Waals surface area (Å²) >= 11 is 14.4. The number of allylic oxidation sites excluding steroid dienone is 1. The highest BCUT2D eigenvalue weighted by Gasteiger charge is 2.41. The third kappa shape index (κ3) is 8.59. The van der Waals surface area contributed by atoms with Crippen molar-refractivity contribution >= 4 is 57.6 Å². The lowest BCUT2D eigenvalue weighted by Gasteiger charge is -2.41. The van der Waals surface area contributed by atoms with Crippen LogP contribution in [-0.2, 0) is 22.7 Å². The number of nitrogens with one attached hydrogen (secondary N) is 1. The number of aliphatic hydroxyl groups is 3. The first-order valence-corrected chi connectivity index (χ1v) is 14.7. The van der Waals surface area contributed by atoms with Gasteiger partial charge in [-0.05, 0) is 70.5 Å². The SMILES string of the molecule is C=CCCC(=O)N(Cc1ccc(Cl)c(Cl)c1)C1CC(C(=O)NCCO)=CC(Oc2c(I)cc(CO)cc2OC)C1O. The predicted octanol–water partition coefficient (Wildman–Crippen LogP) is 4.01. The summed E-state index contributed by atoms with van der Waals surface area (Å²) in [6.07, 6.45) is 1.48. The second kappa shape index (κ2) is 15.8. The molecule has 4 N–H and O–H groups in total. The Morgan fingerprint density at radius 3 is 2.59 bits per heavy atom. The molecular formula is C29H33Cl2IN2O7. The molecule has 222 valence electrons. The molecule has 12 heteroatoms. The van der Waals surface area contributed by atoms with Crippen molar-refractivity contribution in [2.24, 2.45) is 0 Å².